The van der Waals surface area contributed by atoms with Crippen LogP contribution < -0.4 is 10.2 Å². The fourth-order valence-electron chi connectivity index (χ4n) is 3.35. The highest BCUT2D eigenvalue weighted by atomic mass is 35.5. The van der Waals surface area contributed by atoms with Crippen molar-refractivity contribution in [1.29, 1.82) is 0 Å². The van der Waals surface area contributed by atoms with E-state index in [2.05, 4.69) is 20.4 Å². The molecule has 2 aliphatic rings. The molecule has 25 heavy (non-hydrogen) atoms. The van der Waals surface area contributed by atoms with Gasteiger partial charge in [0.05, 0.1) is 12.7 Å². The van der Waals surface area contributed by atoms with E-state index in [9.17, 15) is 4.79 Å². The van der Waals surface area contributed by atoms with E-state index in [0.717, 1.165) is 38.3 Å². The van der Waals surface area contributed by atoms with E-state index in [1.807, 2.05) is 31.0 Å². The van der Waals surface area contributed by atoms with Crippen LogP contribution in [-0.4, -0.2) is 72.5 Å². The van der Waals surface area contributed by atoms with Crippen molar-refractivity contribution < 1.29 is 9.53 Å². The number of aromatic nitrogens is 2. The van der Waals surface area contributed by atoms with Gasteiger partial charge in [0.2, 0.25) is 5.91 Å². The molecule has 142 valence electrons. The quantitative estimate of drug-likeness (QED) is 0.832. The lowest BCUT2D eigenvalue weighted by Gasteiger charge is -2.40. The van der Waals surface area contributed by atoms with E-state index < -0.39 is 0 Å². The largest absolute Gasteiger partial charge is 0.375 e. The highest BCUT2D eigenvalue weighted by molar-refractivity contribution is 5.85. The van der Waals surface area contributed by atoms with Crippen LogP contribution in [0.1, 0.15) is 19.8 Å². The Kier molecular flexibility index (Phi) is 8.85. The van der Waals surface area contributed by atoms with Gasteiger partial charge >= 0.3 is 0 Å². The second-order valence-electron chi connectivity index (χ2n) is 6.26. The van der Waals surface area contributed by atoms with Crippen LogP contribution in [0.3, 0.4) is 0 Å². The normalized spacial score (nSPS) is 24.0. The third-order valence-corrected chi connectivity index (χ3v) is 4.82. The van der Waals surface area contributed by atoms with Gasteiger partial charge in [-0.15, -0.1) is 29.9 Å². The Morgan fingerprint density at radius 1 is 1.36 bits per heavy atom. The third-order valence-electron chi connectivity index (χ3n) is 4.82. The Hall–Kier alpha value is -1.15. The molecule has 2 fully saturated rings. The molecule has 2 aliphatic heterocycles. The van der Waals surface area contributed by atoms with E-state index in [1.54, 1.807) is 6.20 Å². The van der Waals surface area contributed by atoms with E-state index in [4.69, 9.17) is 4.74 Å². The van der Waals surface area contributed by atoms with Gasteiger partial charge in [-0.25, -0.2) is 0 Å². The maximum Gasteiger partial charge on any atom is 0.242 e. The average Bonchev–Trinajstić information content (AvgIpc) is 2.62. The summed E-state index contributed by atoms with van der Waals surface area (Å²) in [7, 11) is 1.91. The molecule has 1 N–H and O–H groups in total. The zero-order chi connectivity index (χ0) is 16.2. The molecule has 0 aromatic carbocycles. The molecule has 3 rings (SSSR count). The van der Waals surface area contributed by atoms with Crippen LogP contribution >= 0.6 is 24.8 Å². The van der Waals surface area contributed by atoms with Gasteiger partial charge in [-0.3, -0.25) is 4.79 Å². The van der Waals surface area contributed by atoms with Crippen molar-refractivity contribution in [3.8, 4) is 0 Å². The summed E-state index contributed by atoms with van der Waals surface area (Å²) in [5.74, 6) is 1.05. The smallest absolute Gasteiger partial charge is 0.242 e. The number of hydrogen-bond donors (Lipinski definition) is 1. The van der Waals surface area contributed by atoms with Crippen molar-refractivity contribution in [1.82, 2.24) is 20.4 Å². The second-order valence-corrected chi connectivity index (χ2v) is 6.26. The number of anilines is 1. The number of morpholine rings is 1. The zero-order valence-electron chi connectivity index (χ0n) is 14.6. The molecule has 9 heteroatoms. The number of hydrogen-bond acceptors (Lipinski definition) is 6. The molecule has 2 atom stereocenters. The van der Waals surface area contributed by atoms with Crippen molar-refractivity contribution >= 4 is 36.5 Å². The summed E-state index contributed by atoms with van der Waals surface area (Å²) >= 11 is 0. The number of nitrogens with one attached hydrogen (secondary N) is 1. The molecule has 1 aromatic rings. The first kappa shape index (κ1) is 21.9. The molecule has 0 aliphatic carbocycles. The van der Waals surface area contributed by atoms with E-state index in [0.29, 0.717) is 6.61 Å². The number of halogens is 2. The van der Waals surface area contributed by atoms with Gasteiger partial charge in [-0.1, -0.05) is 0 Å². The van der Waals surface area contributed by atoms with Crippen molar-refractivity contribution in [2.24, 2.45) is 0 Å². The highest BCUT2D eigenvalue weighted by Gasteiger charge is 2.34. The third kappa shape index (κ3) is 5.17. The van der Waals surface area contributed by atoms with Gasteiger partial charge in [0.25, 0.3) is 0 Å². The molecule has 1 aromatic heterocycles. The SMILES string of the molecule is C[C@H]1OCCN[C@@H]1C(=O)N(C)C1CCN(c2cccnn2)CC1.Cl.Cl. The summed E-state index contributed by atoms with van der Waals surface area (Å²) < 4.78 is 5.59. The molecule has 0 saturated carbocycles. The summed E-state index contributed by atoms with van der Waals surface area (Å²) in [6.45, 7) is 5.15. The minimum absolute atomic E-state index is 0. The van der Waals surface area contributed by atoms with E-state index in [-0.39, 0.29) is 48.9 Å². The van der Waals surface area contributed by atoms with Crippen LogP contribution in [0.25, 0.3) is 0 Å². The summed E-state index contributed by atoms with van der Waals surface area (Å²) in [5.41, 5.74) is 0. The lowest BCUT2D eigenvalue weighted by Crippen LogP contribution is -2.58. The molecule has 7 nitrogen and oxygen atoms in total. The first-order valence-corrected chi connectivity index (χ1v) is 8.31. The average molecular weight is 392 g/mol. The summed E-state index contributed by atoms with van der Waals surface area (Å²) in [4.78, 5) is 16.8. The summed E-state index contributed by atoms with van der Waals surface area (Å²) in [6, 6.07) is 3.92. The van der Waals surface area contributed by atoms with Gasteiger partial charge in [0.15, 0.2) is 5.82 Å². The Labute approximate surface area is 161 Å². The van der Waals surface area contributed by atoms with Crippen LogP contribution in [0, 0.1) is 0 Å². The molecular formula is C16H27Cl2N5O2. The van der Waals surface area contributed by atoms with Crippen LogP contribution in [-0.2, 0) is 9.53 Å². The molecule has 0 spiro atoms. The number of carbonyl (C=O) groups is 1. The number of piperidine rings is 1. The van der Waals surface area contributed by atoms with Crippen LogP contribution in [0.5, 0.6) is 0 Å². The minimum atomic E-state index is -0.230. The standard InChI is InChI=1S/C16H25N5O2.2ClH/c1-12-15(17-8-11-23-12)16(22)20(2)13-5-9-21(10-6-13)14-4-3-7-18-19-14;;/h3-4,7,12-13,15,17H,5-6,8-11H2,1-2H3;2*1H/t12-,15+;;/m1../s1. The maximum atomic E-state index is 12.7. The summed E-state index contributed by atoms with van der Waals surface area (Å²) in [5, 5.41) is 11.4. The fraction of sp³-hybridized carbons (Fsp3) is 0.688. The second kappa shape index (κ2) is 10.1. The van der Waals surface area contributed by atoms with E-state index >= 15 is 0 Å². The fourth-order valence-corrected chi connectivity index (χ4v) is 3.35. The van der Waals surface area contributed by atoms with Crippen molar-refractivity contribution in [3.63, 3.8) is 0 Å². The van der Waals surface area contributed by atoms with Gasteiger partial charge in [0, 0.05) is 38.9 Å². The lowest BCUT2D eigenvalue weighted by molar-refractivity contribution is -0.140. The number of amides is 1. The van der Waals surface area contributed by atoms with Crippen molar-refractivity contribution in [2.45, 2.75) is 38.0 Å². The zero-order valence-corrected chi connectivity index (χ0v) is 16.3. The Bertz CT molecular complexity index is 529. The topological polar surface area (TPSA) is 70.6 Å². The Balaban J connectivity index is 0.00000156. The minimum Gasteiger partial charge on any atom is -0.375 e. The van der Waals surface area contributed by atoms with Crippen LogP contribution in [0.2, 0.25) is 0 Å². The Morgan fingerprint density at radius 2 is 2.08 bits per heavy atom. The van der Waals surface area contributed by atoms with E-state index in [1.165, 1.54) is 0 Å². The van der Waals surface area contributed by atoms with Gasteiger partial charge < -0.3 is 19.9 Å². The number of nitrogens with zero attached hydrogens (tertiary/aromatic N) is 4. The first-order valence-electron chi connectivity index (χ1n) is 8.31. The molecule has 0 unspecified atom stereocenters. The van der Waals surface area contributed by atoms with Crippen molar-refractivity contribution in [3.05, 3.63) is 18.3 Å². The predicted molar refractivity (Wildman–Crippen MR) is 102 cm³/mol. The summed E-state index contributed by atoms with van der Waals surface area (Å²) in [6.07, 6.45) is 3.50. The number of ether oxygens (including phenoxy) is 1. The lowest BCUT2D eigenvalue weighted by atomic mass is 10.0. The monoisotopic (exact) mass is 391 g/mol. The predicted octanol–water partition coefficient (Wildman–Crippen LogP) is 1.12. The highest BCUT2D eigenvalue weighted by Crippen LogP contribution is 2.21. The van der Waals surface area contributed by atoms with Gasteiger partial charge in [0.1, 0.15) is 6.04 Å². The first-order chi connectivity index (χ1) is 11.2. The van der Waals surface area contributed by atoms with Gasteiger partial charge in [-0.05, 0) is 31.9 Å². The number of rotatable bonds is 3. The molecule has 2 saturated heterocycles. The number of likely N-dealkylation sites (N-methyl/N-ethyl adjacent to an activating group) is 1. The molecular weight excluding hydrogens is 365 g/mol. The van der Waals surface area contributed by atoms with Crippen molar-refractivity contribution in [2.75, 3.05) is 38.2 Å². The molecule has 0 bridgehead atoms. The molecule has 1 amide bonds. The van der Waals surface area contributed by atoms with Crippen LogP contribution in [0.4, 0.5) is 5.82 Å². The van der Waals surface area contributed by atoms with Gasteiger partial charge in [-0.2, -0.15) is 5.10 Å². The molecule has 3 heterocycles. The molecule has 0 radical (unpaired) electrons. The number of carbonyl (C=O) groups excluding carboxylic acids is 1. The maximum absolute atomic E-state index is 12.7. The van der Waals surface area contributed by atoms with Crippen LogP contribution in [0.15, 0.2) is 18.3 Å². The Morgan fingerprint density at radius 3 is 2.68 bits per heavy atom.